The van der Waals surface area contributed by atoms with Gasteiger partial charge < -0.3 is 10.6 Å². The van der Waals surface area contributed by atoms with E-state index in [0.717, 1.165) is 16.8 Å². The highest BCUT2D eigenvalue weighted by atomic mass is 32.2. The van der Waals surface area contributed by atoms with Crippen LogP contribution in [0.3, 0.4) is 0 Å². The molecule has 0 bridgehead atoms. The van der Waals surface area contributed by atoms with Gasteiger partial charge in [-0.3, -0.25) is 0 Å². The summed E-state index contributed by atoms with van der Waals surface area (Å²) in [6, 6.07) is 12.4. The molecule has 0 atom stereocenters. The SMILES string of the molecule is CNC(=O)Nc1cc(C)c(Sc2ccc(C)cc2)cc1C. The molecule has 0 radical (unpaired) electrons. The maximum Gasteiger partial charge on any atom is 0.318 e. The first-order chi connectivity index (χ1) is 9.99. The summed E-state index contributed by atoms with van der Waals surface area (Å²) in [5.41, 5.74) is 4.31. The normalized spacial score (nSPS) is 10.3. The number of urea groups is 1. The number of amides is 2. The molecule has 0 unspecified atom stereocenters. The van der Waals surface area contributed by atoms with E-state index in [9.17, 15) is 4.79 Å². The lowest BCUT2D eigenvalue weighted by molar-refractivity contribution is 0.254. The number of aryl methyl sites for hydroxylation is 3. The Morgan fingerprint density at radius 2 is 1.67 bits per heavy atom. The van der Waals surface area contributed by atoms with Gasteiger partial charge in [-0.05, 0) is 56.2 Å². The molecule has 0 aliphatic carbocycles. The Labute approximate surface area is 130 Å². The molecule has 2 N–H and O–H groups in total. The Bertz CT molecular complexity index is 651. The van der Waals surface area contributed by atoms with E-state index in [-0.39, 0.29) is 6.03 Å². The fourth-order valence-corrected chi connectivity index (χ4v) is 2.93. The van der Waals surface area contributed by atoms with Crippen molar-refractivity contribution in [2.24, 2.45) is 0 Å². The van der Waals surface area contributed by atoms with Gasteiger partial charge >= 0.3 is 6.03 Å². The van der Waals surface area contributed by atoms with Gasteiger partial charge in [0.15, 0.2) is 0 Å². The highest BCUT2D eigenvalue weighted by molar-refractivity contribution is 7.99. The van der Waals surface area contributed by atoms with Crippen LogP contribution < -0.4 is 10.6 Å². The van der Waals surface area contributed by atoms with E-state index in [4.69, 9.17) is 0 Å². The first kappa shape index (κ1) is 15.4. The summed E-state index contributed by atoms with van der Waals surface area (Å²) in [5.74, 6) is 0. The molecule has 2 rings (SSSR count). The largest absolute Gasteiger partial charge is 0.341 e. The summed E-state index contributed by atoms with van der Waals surface area (Å²) in [5, 5.41) is 5.40. The first-order valence-electron chi connectivity index (χ1n) is 6.84. The van der Waals surface area contributed by atoms with Crippen LogP contribution in [0.2, 0.25) is 0 Å². The Morgan fingerprint density at radius 3 is 2.29 bits per heavy atom. The number of hydrogen-bond acceptors (Lipinski definition) is 2. The zero-order valence-electron chi connectivity index (χ0n) is 12.8. The summed E-state index contributed by atoms with van der Waals surface area (Å²) >= 11 is 1.74. The van der Waals surface area contributed by atoms with Gasteiger partial charge in [0.1, 0.15) is 0 Å². The average molecular weight is 300 g/mol. The van der Waals surface area contributed by atoms with E-state index < -0.39 is 0 Å². The number of nitrogens with one attached hydrogen (secondary N) is 2. The molecule has 4 heteroatoms. The minimum Gasteiger partial charge on any atom is -0.341 e. The summed E-state index contributed by atoms with van der Waals surface area (Å²) in [6.07, 6.45) is 0. The summed E-state index contributed by atoms with van der Waals surface area (Å²) in [7, 11) is 1.61. The number of hydrogen-bond donors (Lipinski definition) is 2. The molecule has 2 aromatic carbocycles. The predicted octanol–water partition coefficient (Wildman–Crippen LogP) is 4.51. The molecule has 21 heavy (non-hydrogen) atoms. The van der Waals surface area contributed by atoms with E-state index in [1.165, 1.54) is 15.4 Å². The van der Waals surface area contributed by atoms with Crippen LogP contribution >= 0.6 is 11.8 Å². The minimum absolute atomic E-state index is 0.198. The zero-order chi connectivity index (χ0) is 15.4. The quantitative estimate of drug-likeness (QED) is 0.875. The lowest BCUT2D eigenvalue weighted by Crippen LogP contribution is -2.24. The van der Waals surface area contributed by atoms with E-state index in [1.807, 2.05) is 13.0 Å². The van der Waals surface area contributed by atoms with Crippen LogP contribution in [0.15, 0.2) is 46.2 Å². The Hall–Kier alpha value is -1.94. The molecule has 2 amide bonds. The second-order valence-corrected chi connectivity index (χ2v) is 6.17. The molecule has 0 spiro atoms. The number of carbonyl (C=O) groups excluding carboxylic acids is 1. The number of benzene rings is 2. The smallest absolute Gasteiger partial charge is 0.318 e. The number of carbonyl (C=O) groups is 1. The van der Waals surface area contributed by atoms with Gasteiger partial charge in [0.25, 0.3) is 0 Å². The minimum atomic E-state index is -0.198. The van der Waals surface area contributed by atoms with Crippen LogP contribution in [0.25, 0.3) is 0 Å². The molecule has 2 aromatic rings. The molecule has 0 saturated heterocycles. The molecule has 0 saturated carbocycles. The molecule has 110 valence electrons. The molecule has 0 heterocycles. The van der Waals surface area contributed by atoms with Gasteiger partial charge in [0.2, 0.25) is 0 Å². The number of rotatable bonds is 3. The average Bonchev–Trinajstić information content (AvgIpc) is 2.46. The lowest BCUT2D eigenvalue weighted by Gasteiger charge is -2.13. The maximum absolute atomic E-state index is 11.4. The van der Waals surface area contributed by atoms with Gasteiger partial charge in [-0.1, -0.05) is 29.5 Å². The lowest BCUT2D eigenvalue weighted by atomic mass is 10.1. The van der Waals surface area contributed by atoms with Crippen LogP contribution in [0, 0.1) is 20.8 Å². The van der Waals surface area contributed by atoms with Crippen molar-refractivity contribution >= 4 is 23.5 Å². The van der Waals surface area contributed by atoms with Crippen LogP contribution in [0.4, 0.5) is 10.5 Å². The monoisotopic (exact) mass is 300 g/mol. The highest BCUT2D eigenvalue weighted by Gasteiger charge is 2.08. The van der Waals surface area contributed by atoms with E-state index >= 15 is 0 Å². The van der Waals surface area contributed by atoms with Crippen molar-refractivity contribution in [3.63, 3.8) is 0 Å². The Morgan fingerprint density at radius 1 is 1.00 bits per heavy atom. The van der Waals surface area contributed by atoms with E-state index in [2.05, 4.69) is 54.8 Å². The molecular weight excluding hydrogens is 280 g/mol. The van der Waals surface area contributed by atoms with Gasteiger partial charge in [0.05, 0.1) is 0 Å². The fraction of sp³-hybridized carbons (Fsp3) is 0.235. The standard InChI is InChI=1S/C17H20N2OS/c1-11-5-7-14(8-6-11)21-16-10-12(2)15(9-13(16)3)19-17(20)18-4/h5-10H,1-4H3,(H2,18,19,20). The summed E-state index contributed by atoms with van der Waals surface area (Å²) in [6.45, 7) is 6.15. The third kappa shape index (κ3) is 4.02. The van der Waals surface area contributed by atoms with Gasteiger partial charge in [-0.2, -0.15) is 0 Å². The summed E-state index contributed by atoms with van der Waals surface area (Å²) in [4.78, 5) is 13.9. The van der Waals surface area contributed by atoms with Crippen molar-refractivity contribution in [2.45, 2.75) is 30.6 Å². The second-order valence-electron chi connectivity index (χ2n) is 5.05. The maximum atomic E-state index is 11.4. The Kier molecular flexibility index (Phi) is 4.91. The van der Waals surface area contributed by atoms with Crippen molar-refractivity contribution in [2.75, 3.05) is 12.4 Å². The molecule has 0 fully saturated rings. The van der Waals surface area contributed by atoms with Gasteiger partial charge in [-0.15, -0.1) is 0 Å². The zero-order valence-corrected chi connectivity index (χ0v) is 13.6. The third-order valence-corrected chi connectivity index (χ3v) is 4.41. The second kappa shape index (κ2) is 6.68. The fourth-order valence-electron chi connectivity index (χ4n) is 1.95. The molecule has 0 aliphatic heterocycles. The third-order valence-electron chi connectivity index (χ3n) is 3.25. The van der Waals surface area contributed by atoms with E-state index in [0.29, 0.717) is 0 Å². The van der Waals surface area contributed by atoms with Crippen LogP contribution in [0.1, 0.15) is 16.7 Å². The molecule has 0 aromatic heterocycles. The van der Waals surface area contributed by atoms with Crippen molar-refractivity contribution in [3.05, 3.63) is 53.1 Å². The van der Waals surface area contributed by atoms with Gasteiger partial charge in [0, 0.05) is 22.5 Å². The molecule has 3 nitrogen and oxygen atoms in total. The summed E-state index contributed by atoms with van der Waals surface area (Å²) < 4.78 is 0. The van der Waals surface area contributed by atoms with Crippen molar-refractivity contribution in [3.8, 4) is 0 Å². The van der Waals surface area contributed by atoms with E-state index in [1.54, 1.807) is 18.8 Å². The highest BCUT2D eigenvalue weighted by Crippen LogP contribution is 2.33. The van der Waals surface area contributed by atoms with Gasteiger partial charge in [-0.25, -0.2) is 4.79 Å². The molecular formula is C17H20N2OS. The Balaban J connectivity index is 2.23. The van der Waals surface area contributed by atoms with Crippen LogP contribution in [-0.4, -0.2) is 13.1 Å². The topological polar surface area (TPSA) is 41.1 Å². The molecule has 0 aliphatic rings. The van der Waals surface area contributed by atoms with Crippen LogP contribution in [0.5, 0.6) is 0 Å². The van der Waals surface area contributed by atoms with Crippen molar-refractivity contribution in [1.29, 1.82) is 0 Å². The van der Waals surface area contributed by atoms with Crippen LogP contribution in [-0.2, 0) is 0 Å². The first-order valence-corrected chi connectivity index (χ1v) is 7.65. The van der Waals surface area contributed by atoms with Crippen molar-refractivity contribution < 1.29 is 4.79 Å². The predicted molar refractivity (Wildman–Crippen MR) is 89.3 cm³/mol. The number of anilines is 1. The van der Waals surface area contributed by atoms with Crippen molar-refractivity contribution in [1.82, 2.24) is 5.32 Å².